The molecular weight excluding hydrogens is 380 g/mol. The molecule has 0 spiro atoms. The van der Waals surface area contributed by atoms with Crippen LogP contribution >= 0.6 is 11.8 Å². The molecule has 2 aromatic carbocycles. The van der Waals surface area contributed by atoms with Crippen molar-refractivity contribution in [1.82, 2.24) is 0 Å². The third-order valence-electron chi connectivity index (χ3n) is 4.72. The van der Waals surface area contributed by atoms with Crippen molar-refractivity contribution in [2.45, 2.75) is 65.1 Å². The van der Waals surface area contributed by atoms with E-state index >= 15 is 0 Å². The summed E-state index contributed by atoms with van der Waals surface area (Å²) in [5.74, 6) is 2.53. The van der Waals surface area contributed by atoms with E-state index in [0.717, 1.165) is 25.2 Å². The zero-order chi connectivity index (χ0) is 20.7. The lowest BCUT2D eigenvalue weighted by Gasteiger charge is -2.28. The standard InChI is InChI=1S/C12H16OS.C11H14O2.C2H6/c1-2-4-11(5-3-1)10-13-12-6-8-14-9-7-12;1-9-7-8-12-11(13-9)10-5-3-2-4-6-10;1-2/h1-5,12H,6-10H2;2-6,9,11H,7-8H2,1H3;1-2H3. The van der Waals surface area contributed by atoms with Crippen molar-refractivity contribution < 1.29 is 14.2 Å². The molecule has 4 rings (SSSR count). The molecule has 0 bridgehead atoms. The molecule has 2 aliphatic rings. The minimum Gasteiger partial charge on any atom is -0.373 e. The number of hydrogen-bond acceptors (Lipinski definition) is 4. The zero-order valence-electron chi connectivity index (χ0n) is 18.1. The molecule has 160 valence electrons. The molecule has 0 radical (unpaired) electrons. The fourth-order valence-electron chi connectivity index (χ4n) is 3.08. The van der Waals surface area contributed by atoms with E-state index in [1.807, 2.05) is 62.0 Å². The average molecular weight is 417 g/mol. The van der Waals surface area contributed by atoms with Crippen LogP contribution in [-0.4, -0.2) is 30.3 Å². The molecule has 29 heavy (non-hydrogen) atoms. The van der Waals surface area contributed by atoms with Gasteiger partial charge in [0.1, 0.15) is 0 Å². The lowest BCUT2D eigenvalue weighted by atomic mass is 10.2. The minimum absolute atomic E-state index is 0.162. The molecule has 2 unspecified atom stereocenters. The van der Waals surface area contributed by atoms with E-state index in [1.165, 1.54) is 29.9 Å². The number of rotatable bonds is 4. The molecule has 0 N–H and O–H groups in total. The molecule has 0 aromatic heterocycles. The highest BCUT2D eigenvalue weighted by molar-refractivity contribution is 7.99. The van der Waals surface area contributed by atoms with Gasteiger partial charge in [-0.3, -0.25) is 0 Å². The van der Waals surface area contributed by atoms with Crippen LogP contribution in [0.25, 0.3) is 0 Å². The van der Waals surface area contributed by atoms with Gasteiger partial charge in [-0.2, -0.15) is 11.8 Å². The van der Waals surface area contributed by atoms with Crippen LogP contribution in [0.1, 0.15) is 57.5 Å². The second kappa shape index (κ2) is 14.6. The Balaban J connectivity index is 0.000000191. The Hall–Kier alpha value is -1.33. The first-order valence-corrected chi connectivity index (χ1v) is 12.0. The maximum absolute atomic E-state index is 5.86. The van der Waals surface area contributed by atoms with E-state index in [4.69, 9.17) is 14.2 Å². The largest absolute Gasteiger partial charge is 0.373 e. The SMILES string of the molecule is CC.CC1CCOC(c2ccccc2)O1.c1ccc(COC2CCSCC2)cc1. The van der Waals surface area contributed by atoms with Crippen molar-refractivity contribution in [2.75, 3.05) is 18.1 Å². The molecule has 2 aliphatic heterocycles. The minimum atomic E-state index is -0.162. The van der Waals surface area contributed by atoms with Gasteiger partial charge >= 0.3 is 0 Å². The van der Waals surface area contributed by atoms with Gasteiger partial charge in [0.15, 0.2) is 6.29 Å². The quantitative estimate of drug-likeness (QED) is 0.559. The summed E-state index contributed by atoms with van der Waals surface area (Å²) in [4.78, 5) is 0. The van der Waals surface area contributed by atoms with E-state index in [9.17, 15) is 0 Å². The van der Waals surface area contributed by atoms with E-state index in [0.29, 0.717) is 12.2 Å². The van der Waals surface area contributed by atoms with Crippen LogP contribution in [0.4, 0.5) is 0 Å². The third kappa shape index (κ3) is 9.35. The Bertz CT molecular complexity index is 629. The predicted octanol–water partition coefficient (Wildman–Crippen LogP) is 6.64. The molecule has 0 aliphatic carbocycles. The van der Waals surface area contributed by atoms with Gasteiger partial charge in [-0.05, 0) is 43.3 Å². The van der Waals surface area contributed by atoms with Crippen molar-refractivity contribution in [2.24, 2.45) is 0 Å². The van der Waals surface area contributed by atoms with Gasteiger partial charge in [-0.15, -0.1) is 0 Å². The summed E-state index contributed by atoms with van der Waals surface area (Å²) < 4.78 is 17.0. The summed E-state index contributed by atoms with van der Waals surface area (Å²) in [5.41, 5.74) is 2.39. The topological polar surface area (TPSA) is 27.7 Å². The Morgan fingerprint density at radius 3 is 2.14 bits per heavy atom. The van der Waals surface area contributed by atoms with Crippen LogP contribution in [0.15, 0.2) is 60.7 Å². The summed E-state index contributed by atoms with van der Waals surface area (Å²) in [6.45, 7) is 7.65. The molecular formula is C25H36O3S. The van der Waals surface area contributed by atoms with Crippen LogP contribution < -0.4 is 0 Å². The number of ether oxygens (including phenoxy) is 3. The number of benzene rings is 2. The third-order valence-corrected chi connectivity index (χ3v) is 5.77. The molecule has 2 atom stereocenters. The molecule has 4 heteroatoms. The maximum Gasteiger partial charge on any atom is 0.184 e. The van der Waals surface area contributed by atoms with Crippen LogP contribution in [0, 0.1) is 0 Å². The van der Waals surface area contributed by atoms with Crippen LogP contribution in [-0.2, 0) is 20.8 Å². The van der Waals surface area contributed by atoms with E-state index in [2.05, 4.69) is 31.2 Å². The van der Waals surface area contributed by atoms with Gasteiger partial charge in [0.2, 0.25) is 0 Å². The first kappa shape index (κ1) is 23.9. The van der Waals surface area contributed by atoms with Crippen LogP contribution in [0.3, 0.4) is 0 Å². The lowest BCUT2D eigenvalue weighted by molar-refractivity contribution is -0.212. The average Bonchev–Trinajstić information content (AvgIpc) is 2.81. The molecule has 2 aromatic rings. The van der Waals surface area contributed by atoms with Crippen molar-refractivity contribution >= 4 is 11.8 Å². The van der Waals surface area contributed by atoms with Gasteiger partial charge in [-0.25, -0.2) is 0 Å². The second-order valence-electron chi connectivity index (χ2n) is 6.96. The van der Waals surface area contributed by atoms with E-state index < -0.39 is 0 Å². The summed E-state index contributed by atoms with van der Waals surface area (Å²) in [7, 11) is 0. The Kier molecular flexibility index (Phi) is 12.1. The molecule has 0 amide bonds. The van der Waals surface area contributed by atoms with Crippen LogP contribution in [0.5, 0.6) is 0 Å². The molecule has 2 heterocycles. The van der Waals surface area contributed by atoms with Crippen molar-refractivity contribution in [3.63, 3.8) is 0 Å². The highest BCUT2D eigenvalue weighted by atomic mass is 32.2. The smallest absolute Gasteiger partial charge is 0.184 e. The van der Waals surface area contributed by atoms with Gasteiger partial charge in [0, 0.05) is 5.56 Å². The highest BCUT2D eigenvalue weighted by Gasteiger charge is 2.20. The molecule has 3 nitrogen and oxygen atoms in total. The first-order chi connectivity index (χ1) is 14.3. The highest BCUT2D eigenvalue weighted by Crippen LogP contribution is 2.25. The lowest BCUT2D eigenvalue weighted by Crippen LogP contribution is -2.24. The molecule has 2 fully saturated rings. The van der Waals surface area contributed by atoms with E-state index in [1.54, 1.807) is 0 Å². The van der Waals surface area contributed by atoms with Crippen molar-refractivity contribution in [3.8, 4) is 0 Å². The monoisotopic (exact) mass is 416 g/mol. The van der Waals surface area contributed by atoms with Crippen LogP contribution in [0.2, 0.25) is 0 Å². The van der Waals surface area contributed by atoms with Gasteiger partial charge in [-0.1, -0.05) is 74.5 Å². The van der Waals surface area contributed by atoms with Crippen molar-refractivity contribution in [3.05, 3.63) is 71.8 Å². The predicted molar refractivity (Wildman–Crippen MR) is 123 cm³/mol. The Labute approximate surface area is 181 Å². The summed E-state index contributed by atoms with van der Waals surface area (Å²) in [6.07, 6.45) is 4.07. The fourth-order valence-corrected chi connectivity index (χ4v) is 4.14. The maximum atomic E-state index is 5.86. The van der Waals surface area contributed by atoms with Gasteiger partial charge < -0.3 is 14.2 Å². The van der Waals surface area contributed by atoms with Gasteiger partial charge in [0.05, 0.1) is 25.4 Å². The Morgan fingerprint density at radius 2 is 1.52 bits per heavy atom. The number of thioether (sulfide) groups is 1. The zero-order valence-corrected chi connectivity index (χ0v) is 18.9. The second-order valence-corrected chi connectivity index (χ2v) is 8.18. The molecule has 0 saturated carbocycles. The summed E-state index contributed by atoms with van der Waals surface area (Å²) in [5, 5.41) is 0. The molecule has 2 saturated heterocycles. The fraction of sp³-hybridized carbons (Fsp3) is 0.520. The Morgan fingerprint density at radius 1 is 0.897 bits per heavy atom. The summed E-state index contributed by atoms with van der Waals surface area (Å²) >= 11 is 2.04. The van der Waals surface area contributed by atoms with Crippen molar-refractivity contribution in [1.29, 1.82) is 0 Å². The summed E-state index contributed by atoms with van der Waals surface area (Å²) in [6, 6.07) is 20.5. The number of hydrogen-bond donors (Lipinski definition) is 0. The van der Waals surface area contributed by atoms with E-state index in [-0.39, 0.29) is 6.29 Å². The first-order valence-electron chi connectivity index (χ1n) is 10.9. The normalized spacial score (nSPS) is 21.9. The van der Waals surface area contributed by atoms with Gasteiger partial charge in [0.25, 0.3) is 0 Å².